The first-order valence-corrected chi connectivity index (χ1v) is 3.21. The van der Waals surface area contributed by atoms with Gasteiger partial charge >= 0.3 is 0 Å². The van der Waals surface area contributed by atoms with E-state index in [9.17, 15) is 8.78 Å². The Morgan fingerprint density at radius 3 is 2.70 bits per heavy atom. The van der Waals surface area contributed by atoms with Gasteiger partial charge in [-0.2, -0.15) is 0 Å². The zero-order valence-corrected chi connectivity index (χ0v) is 5.53. The van der Waals surface area contributed by atoms with Crippen molar-refractivity contribution < 1.29 is 8.78 Å². The Kier molecular flexibility index (Phi) is 1.91. The lowest BCUT2D eigenvalue weighted by molar-refractivity contribution is -0.0511. The summed E-state index contributed by atoms with van der Waals surface area (Å²) < 4.78 is 25.3. The van der Waals surface area contributed by atoms with Gasteiger partial charge in [0.25, 0.3) is 5.92 Å². The molecule has 0 unspecified atom stereocenters. The maximum Gasteiger partial charge on any atom is 0.273 e. The maximum atomic E-state index is 12.7. The number of terminal acetylenes is 1. The highest BCUT2D eigenvalue weighted by molar-refractivity contribution is 5.03. The standard InChI is InChI=1S/C7H9F2N/c1-2-6-3-4-10-5-7(6,8)9/h1,6,10H,3-5H2/t6-/m0/s1. The van der Waals surface area contributed by atoms with Gasteiger partial charge < -0.3 is 5.32 Å². The maximum absolute atomic E-state index is 12.7. The number of rotatable bonds is 0. The first-order chi connectivity index (χ1) is 4.67. The summed E-state index contributed by atoms with van der Waals surface area (Å²) in [5.74, 6) is -1.46. The summed E-state index contributed by atoms with van der Waals surface area (Å²) in [6.07, 6.45) is 5.30. The lowest BCUT2D eigenvalue weighted by atomic mass is 9.95. The molecule has 0 aromatic carbocycles. The summed E-state index contributed by atoms with van der Waals surface area (Å²) in [6, 6.07) is 0. The summed E-state index contributed by atoms with van der Waals surface area (Å²) in [4.78, 5) is 0. The Labute approximate surface area is 58.8 Å². The number of halogens is 2. The van der Waals surface area contributed by atoms with Crippen LogP contribution in [-0.4, -0.2) is 19.0 Å². The van der Waals surface area contributed by atoms with E-state index in [2.05, 4.69) is 11.2 Å². The zero-order chi connectivity index (χ0) is 7.61. The number of hydrogen-bond acceptors (Lipinski definition) is 1. The minimum atomic E-state index is -2.70. The summed E-state index contributed by atoms with van der Waals surface area (Å²) in [7, 11) is 0. The van der Waals surface area contributed by atoms with E-state index in [0.29, 0.717) is 13.0 Å². The summed E-state index contributed by atoms with van der Waals surface area (Å²) in [6.45, 7) is 0.326. The van der Waals surface area contributed by atoms with Crippen molar-refractivity contribution in [2.45, 2.75) is 12.3 Å². The average molecular weight is 145 g/mol. The van der Waals surface area contributed by atoms with E-state index in [4.69, 9.17) is 6.42 Å². The van der Waals surface area contributed by atoms with E-state index in [-0.39, 0.29) is 6.54 Å². The molecule has 0 bridgehead atoms. The molecule has 56 valence electrons. The molecule has 1 heterocycles. The number of hydrogen-bond donors (Lipinski definition) is 1. The number of nitrogens with one attached hydrogen (secondary N) is 1. The number of piperidine rings is 1. The molecule has 0 aliphatic carbocycles. The molecule has 0 aromatic rings. The lowest BCUT2D eigenvalue weighted by Gasteiger charge is -2.27. The molecule has 1 rings (SSSR count). The minimum absolute atomic E-state index is 0.276. The van der Waals surface area contributed by atoms with Crippen LogP contribution in [0.2, 0.25) is 0 Å². The van der Waals surface area contributed by atoms with E-state index < -0.39 is 11.8 Å². The van der Waals surface area contributed by atoms with Crippen LogP contribution in [0.5, 0.6) is 0 Å². The molecule has 0 amide bonds. The van der Waals surface area contributed by atoms with Crippen molar-refractivity contribution >= 4 is 0 Å². The third-order valence-corrected chi connectivity index (χ3v) is 1.68. The molecule has 1 atom stereocenters. The molecule has 1 N–H and O–H groups in total. The van der Waals surface area contributed by atoms with Crippen molar-refractivity contribution in [1.29, 1.82) is 0 Å². The van der Waals surface area contributed by atoms with Gasteiger partial charge in [0.1, 0.15) is 0 Å². The van der Waals surface area contributed by atoms with Crippen LogP contribution in [0.1, 0.15) is 6.42 Å². The molecule has 0 spiro atoms. The van der Waals surface area contributed by atoms with Crippen LogP contribution in [0.4, 0.5) is 8.78 Å². The smallest absolute Gasteiger partial charge is 0.273 e. The zero-order valence-electron chi connectivity index (χ0n) is 5.53. The normalized spacial score (nSPS) is 31.1. The molecule has 1 aliphatic heterocycles. The van der Waals surface area contributed by atoms with Gasteiger partial charge in [-0.1, -0.05) is 5.92 Å². The third-order valence-electron chi connectivity index (χ3n) is 1.68. The summed E-state index contributed by atoms with van der Waals surface area (Å²) in [5, 5.41) is 2.59. The number of alkyl halides is 2. The Hall–Kier alpha value is -0.620. The largest absolute Gasteiger partial charge is 0.311 e. The van der Waals surface area contributed by atoms with Gasteiger partial charge in [-0.25, -0.2) is 8.78 Å². The van der Waals surface area contributed by atoms with E-state index in [0.717, 1.165) is 0 Å². The highest BCUT2D eigenvalue weighted by atomic mass is 19.3. The Morgan fingerprint density at radius 2 is 2.30 bits per heavy atom. The van der Waals surface area contributed by atoms with Gasteiger partial charge in [0, 0.05) is 0 Å². The van der Waals surface area contributed by atoms with Gasteiger partial charge in [0.05, 0.1) is 12.5 Å². The highest BCUT2D eigenvalue weighted by Gasteiger charge is 2.40. The van der Waals surface area contributed by atoms with Gasteiger partial charge in [-0.3, -0.25) is 0 Å². The summed E-state index contributed by atoms with van der Waals surface area (Å²) in [5.41, 5.74) is 0. The van der Waals surface area contributed by atoms with Crippen LogP contribution < -0.4 is 5.32 Å². The monoisotopic (exact) mass is 145 g/mol. The van der Waals surface area contributed by atoms with Crippen molar-refractivity contribution in [3.63, 3.8) is 0 Å². The second-order valence-electron chi connectivity index (χ2n) is 2.45. The molecule has 0 radical (unpaired) electrons. The van der Waals surface area contributed by atoms with Gasteiger partial charge in [-0.15, -0.1) is 6.42 Å². The van der Waals surface area contributed by atoms with Crippen LogP contribution in [0.3, 0.4) is 0 Å². The molecule has 1 nitrogen and oxygen atoms in total. The van der Waals surface area contributed by atoms with E-state index in [1.807, 2.05) is 0 Å². The van der Waals surface area contributed by atoms with Crippen molar-refractivity contribution in [2.75, 3.05) is 13.1 Å². The SMILES string of the molecule is C#C[C@H]1CCNCC1(F)F. The van der Waals surface area contributed by atoms with Crippen molar-refractivity contribution in [3.8, 4) is 12.3 Å². The molecule has 0 aromatic heterocycles. The predicted octanol–water partition coefficient (Wildman–Crippen LogP) is 0.864. The molecular formula is C7H9F2N. The molecule has 0 saturated carbocycles. The van der Waals surface area contributed by atoms with Gasteiger partial charge in [0.15, 0.2) is 0 Å². The molecule has 1 saturated heterocycles. The highest BCUT2D eigenvalue weighted by Crippen LogP contribution is 2.28. The van der Waals surface area contributed by atoms with E-state index >= 15 is 0 Å². The molecule has 1 aliphatic rings. The Balaban J connectivity index is 2.62. The van der Waals surface area contributed by atoms with Crippen molar-refractivity contribution in [3.05, 3.63) is 0 Å². The molecule has 10 heavy (non-hydrogen) atoms. The molecular weight excluding hydrogens is 136 g/mol. The Morgan fingerprint density at radius 1 is 1.60 bits per heavy atom. The second kappa shape index (κ2) is 2.55. The molecule has 1 fully saturated rings. The predicted molar refractivity (Wildman–Crippen MR) is 34.8 cm³/mol. The fraction of sp³-hybridized carbons (Fsp3) is 0.714. The van der Waals surface area contributed by atoms with Crippen molar-refractivity contribution in [2.24, 2.45) is 5.92 Å². The fourth-order valence-electron chi connectivity index (χ4n) is 1.04. The lowest BCUT2D eigenvalue weighted by Crippen LogP contribution is -2.45. The van der Waals surface area contributed by atoms with Crippen LogP contribution in [0.15, 0.2) is 0 Å². The second-order valence-corrected chi connectivity index (χ2v) is 2.45. The summed E-state index contributed by atoms with van der Waals surface area (Å²) >= 11 is 0. The van der Waals surface area contributed by atoms with Gasteiger partial charge in [0.2, 0.25) is 0 Å². The van der Waals surface area contributed by atoms with Crippen LogP contribution in [0.25, 0.3) is 0 Å². The first-order valence-electron chi connectivity index (χ1n) is 3.21. The van der Waals surface area contributed by atoms with E-state index in [1.54, 1.807) is 0 Å². The average Bonchev–Trinajstić information content (AvgIpc) is 1.87. The fourth-order valence-corrected chi connectivity index (χ4v) is 1.04. The van der Waals surface area contributed by atoms with Crippen molar-refractivity contribution in [1.82, 2.24) is 5.32 Å². The van der Waals surface area contributed by atoms with Crippen LogP contribution >= 0.6 is 0 Å². The minimum Gasteiger partial charge on any atom is -0.311 e. The van der Waals surface area contributed by atoms with E-state index in [1.165, 1.54) is 0 Å². The Bertz CT molecular complexity index is 159. The van der Waals surface area contributed by atoms with Gasteiger partial charge in [-0.05, 0) is 13.0 Å². The quantitative estimate of drug-likeness (QED) is 0.498. The first kappa shape index (κ1) is 7.49. The van der Waals surface area contributed by atoms with Crippen LogP contribution in [0, 0.1) is 18.3 Å². The molecule has 3 heteroatoms. The van der Waals surface area contributed by atoms with Crippen LogP contribution in [-0.2, 0) is 0 Å². The topological polar surface area (TPSA) is 12.0 Å². The third kappa shape index (κ3) is 1.27.